The zero-order valence-corrected chi connectivity index (χ0v) is 12.9. The van der Waals surface area contributed by atoms with Crippen molar-refractivity contribution in [2.75, 3.05) is 19.0 Å². The molecular weight excluding hydrogens is 246 g/mol. The number of anilines is 1. The lowest BCUT2D eigenvalue weighted by atomic mass is 9.95. The molecule has 0 aliphatic heterocycles. The van der Waals surface area contributed by atoms with Crippen molar-refractivity contribution in [1.29, 1.82) is 0 Å². The lowest BCUT2D eigenvalue weighted by Crippen LogP contribution is -2.18. The van der Waals surface area contributed by atoms with E-state index in [0.717, 1.165) is 22.2 Å². The molecule has 102 valence electrons. The molecule has 4 nitrogen and oxygen atoms in total. The second kappa shape index (κ2) is 5.89. The summed E-state index contributed by atoms with van der Waals surface area (Å²) >= 11 is 1.59. The Balaban J connectivity index is 3.23. The summed E-state index contributed by atoms with van der Waals surface area (Å²) in [6, 6.07) is 0. The smallest absolute Gasteiger partial charge is 0.137 e. The SMILES string of the molecule is CNc1nc(C(C)(C)C)nc(SC(C)CO)c1C. The van der Waals surface area contributed by atoms with Crippen LogP contribution in [0, 0.1) is 6.92 Å². The van der Waals surface area contributed by atoms with Crippen LogP contribution in [0.15, 0.2) is 5.03 Å². The van der Waals surface area contributed by atoms with Crippen LogP contribution in [0.4, 0.5) is 5.82 Å². The molecule has 0 aliphatic carbocycles. The van der Waals surface area contributed by atoms with Gasteiger partial charge in [0.1, 0.15) is 16.7 Å². The zero-order chi connectivity index (χ0) is 13.9. The molecule has 0 saturated heterocycles. The number of aliphatic hydroxyl groups is 1. The van der Waals surface area contributed by atoms with Gasteiger partial charge in [-0.05, 0) is 6.92 Å². The Hall–Kier alpha value is -0.810. The second-order valence-corrected chi connectivity index (χ2v) is 6.86. The highest BCUT2D eigenvalue weighted by molar-refractivity contribution is 7.99. The fourth-order valence-corrected chi connectivity index (χ4v) is 2.29. The normalized spacial score (nSPS) is 13.5. The van der Waals surface area contributed by atoms with E-state index in [4.69, 9.17) is 5.11 Å². The van der Waals surface area contributed by atoms with Crippen LogP contribution in [0.25, 0.3) is 0 Å². The van der Waals surface area contributed by atoms with Crippen LogP contribution >= 0.6 is 11.8 Å². The molecule has 5 heteroatoms. The zero-order valence-electron chi connectivity index (χ0n) is 12.0. The maximum absolute atomic E-state index is 9.16. The molecule has 0 spiro atoms. The quantitative estimate of drug-likeness (QED) is 0.650. The molecule has 1 unspecified atom stereocenters. The van der Waals surface area contributed by atoms with E-state index in [1.54, 1.807) is 11.8 Å². The van der Waals surface area contributed by atoms with E-state index in [1.165, 1.54) is 0 Å². The van der Waals surface area contributed by atoms with Gasteiger partial charge in [-0.1, -0.05) is 27.7 Å². The molecular formula is C13H23N3OS. The first-order chi connectivity index (χ1) is 8.29. The van der Waals surface area contributed by atoms with E-state index in [2.05, 4.69) is 36.1 Å². The van der Waals surface area contributed by atoms with Crippen LogP contribution in [0.3, 0.4) is 0 Å². The van der Waals surface area contributed by atoms with E-state index in [0.29, 0.717) is 0 Å². The summed E-state index contributed by atoms with van der Waals surface area (Å²) in [6.45, 7) is 10.4. The van der Waals surface area contributed by atoms with Crippen molar-refractivity contribution in [2.24, 2.45) is 0 Å². The number of aromatic nitrogens is 2. The number of thioether (sulfide) groups is 1. The Labute approximate surface area is 114 Å². The molecule has 1 aromatic rings. The van der Waals surface area contributed by atoms with E-state index in [-0.39, 0.29) is 17.3 Å². The summed E-state index contributed by atoms with van der Waals surface area (Å²) in [6.07, 6.45) is 0. The molecule has 0 amide bonds. The Morgan fingerprint density at radius 2 is 1.94 bits per heavy atom. The summed E-state index contributed by atoms with van der Waals surface area (Å²) in [7, 11) is 1.87. The fraction of sp³-hybridized carbons (Fsp3) is 0.692. The summed E-state index contributed by atoms with van der Waals surface area (Å²) in [5.74, 6) is 1.69. The molecule has 18 heavy (non-hydrogen) atoms. The van der Waals surface area contributed by atoms with Crippen molar-refractivity contribution in [2.45, 2.75) is 50.3 Å². The first-order valence-corrected chi connectivity index (χ1v) is 7.02. The third-order valence-corrected chi connectivity index (χ3v) is 3.75. The number of aliphatic hydroxyl groups excluding tert-OH is 1. The van der Waals surface area contributed by atoms with Gasteiger partial charge in [-0.15, -0.1) is 11.8 Å². The average molecular weight is 269 g/mol. The van der Waals surface area contributed by atoms with Gasteiger partial charge in [-0.3, -0.25) is 0 Å². The topological polar surface area (TPSA) is 58.0 Å². The van der Waals surface area contributed by atoms with Gasteiger partial charge in [0.15, 0.2) is 0 Å². The molecule has 2 N–H and O–H groups in total. The largest absolute Gasteiger partial charge is 0.395 e. The minimum atomic E-state index is -0.0862. The minimum absolute atomic E-state index is 0.0862. The summed E-state index contributed by atoms with van der Waals surface area (Å²) in [5, 5.41) is 13.4. The number of nitrogens with zero attached hydrogens (tertiary/aromatic N) is 2. The van der Waals surface area contributed by atoms with Crippen LogP contribution in [-0.2, 0) is 5.41 Å². The maximum atomic E-state index is 9.16. The van der Waals surface area contributed by atoms with Crippen LogP contribution in [0.2, 0.25) is 0 Å². The predicted octanol–water partition coefficient (Wildman–Crippen LogP) is 2.60. The highest BCUT2D eigenvalue weighted by atomic mass is 32.2. The molecule has 1 aromatic heterocycles. The van der Waals surface area contributed by atoms with E-state index in [1.807, 2.05) is 20.9 Å². The Kier molecular flexibility index (Phi) is 4.99. The van der Waals surface area contributed by atoms with E-state index in [9.17, 15) is 0 Å². The molecule has 0 radical (unpaired) electrons. The van der Waals surface area contributed by atoms with Gasteiger partial charge in [0.05, 0.1) is 6.61 Å². The lowest BCUT2D eigenvalue weighted by molar-refractivity contribution is 0.300. The third-order valence-electron chi connectivity index (χ3n) is 2.58. The molecule has 1 heterocycles. The standard InChI is InChI=1S/C13H23N3OS/c1-8(7-17)18-11-9(2)10(14-6)15-12(16-11)13(3,4)5/h8,17H,7H2,1-6H3,(H,14,15,16). The number of nitrogens with one attached hydrogen (secondary N) is 1. The van der Waals surface area contributed by atoms with Crippen molar-refractivity contribution in [3.05, 3.63) is 11.4 Å². The Bertz CT molecular complexity index is 415. The van der Waals surface area contributed by atoms with Gasteiger partial charge in [-0.2, -0.15) is 0 Å². The fourth-order valence-electron chi connectivity index (χ4n) is 1.42. The van der Waals surface area contributed by atoms with E-state index < -0.39 is 0 Å². The third kappa shape index (κ3) is 3.59. The van der Waals surface area contributed by atoms with Crippen molar-refractivity contribution >= 4 is 17.6 Å². The summed E-state index contributed by atoms with van der Waals surface area (Å²) < 4.78 is 0. The maximum Gasteiger partial charge on any atom is 0.137 e. The molecule has 1 atom stereocenters. The van der Waals surface area contributed by atoms with Crippen molar-refractivity contribution in [3.63, 3.8) is 0 Å². The molecule has 0 bridgehead atoms. The Morgan fingerprint density at radius 1 is 1.33 bits per heavy atom. The second-order valence-electron chi connectivity index (χ2n) is 5.44. The van der Waals surface area contributed by atoms with Gasteiger partial charge in [-0.25, -0.2) is 9.97 Å². The Morgan fingerprint density at radius 3 is 2.39 bits per heavy atom. The molecule has 0 aromatic carbocycles. The van der Waals surface area contributed by atoms with Gasteiger partial charge >= 0.3 is 0 Å². The predicted molar refractivity (Wildman–Crippen MR) is 77.4 cm³/mol. The first-order valence-electron chi connectivity index (χ1n) is 6.14. The summed E-state index contributed by atoms with van der Waals surface area (Å²) in [5.41, 5.74) is 0.952. The monoisotopic (exact) mass is 269 g/mol. The van der Waals surface area contributed by atoms with Crippen molar-refractivity contribution in [1.82, 2.24) is 9.97 Å². The molecule has 0 fully saturated rings. The van der Waals surface area contributed by atoms with E-state index >= 15 is 0 Å². The van der Waals surface area contributed by atoms with Gasteiger partial charge in [0, 0.05) is 23.3 Å². The van der Waals surface area contributed by atoms with Gasteiger partial charge in [0.25, 0.3) is 0 Å². The number of rotatable bonds is 4. The van der Waals surface area contributed by atoms with Crippen LogP contribution in [0.1, 0.15) is 39.1 Å². The number of hydrogen-bond donors (Lipinski definition) is 2. The molecule has 0 saturated carbocycles. The van der Waals surface area contributed by atoms with Gasteiger partial charge in [0.2, 0.25) is 0 Å². The summed E-state index contributed by atoms with van der Waals surface area (Å²) in [4.78, 5) is 9.20. The molecule has 1 rings (SSSR count). The van der Waals surface area contributed by atoms with Crippen LogP contribution in [0.5, 0.6) is 0 Å². The van der Waals surface area contributed by atoms with Crippen molar-refractivity contribution in [3.8, 4) is 0 Å². The first kappa shape index (κ1) is 15.2. The van der Waals surface area contributed by atoms with Gasteiger partial charge < -0.3 is 10.4 Å². The average Bonchev–Trinajstić information content (AvgIpc) is 2.30. The highest BCUT2D eigenvalue weighted by Gasteiger charge is 2.21. The number of hydrogen-bond acceptors (Lipinski definition) is 5. The minimum Gasteiger partial charge on any atom is -0.395 e. The highest BCUT2D eigenvalue weighted by Crippen LogP contribution is 2.30. The van der Waals surface area contributed by atoms with Crippen LogP contribution in [-0.4, -0.2) is 34.0 Å². The van der Waals surface area contributed by atoms with Crippen LogP contribution < -0.4 is 5.32 Å². The van der Waals surface area contributed by atoms with Crippen molar-refractivity contribution < 1.29 is 5.11 Å². The lowest BCUT2D eigenvalue weighted by Gasteiger charge is -2.20. The molecule has 0 aliphatic rings.